The number of halogens is 3. The fraction of sp³-hybridized carbons (Fsp3) is 0.696. The average Bonchev–Trinajstić information content (AvgIpc) is 2.98. The molecule has 2 saturated heterocycles. The van der Waals surface area contributed by atoms with Gasteiger partial charge in [0, 0.05) is 64.1 Å². The zero-order valence-corrected chi connectivity index (χ0v) is 20.2. The molecular formula is C23H35F3N6O2. The van der Waals surface area contributed by atoms with Gasteiger partial charge in [0.25, 0.3) is 0 Å². The van der Waals surface area contributed by atoms with Crippen molar-refractivity contribution in [3.8, 4) is 0 Å². The van der Waals surface area contributed by atoms with Crippen molar-refractivity contribution in [2.45, 2.75) is 38.9 Å². The molecule has 2 aliphatic heterocycles. The molecule has 8 nitrogen and oxygen atoms in total. The highest BCUT2D eigenvalue weighted by Gasteiger charge is 2.31. The quantitative estimate of drug-likeness (QED) is 0.686. The van der Waals surface area contributed by atoms with Gasteiger partial charge in [0.05, 0.1) is 18.7 Å². The molecule has 3 rings (SSSR count). The summed E-state index contributed by atoms with van der Waals surface area (Å²) >= 11 is 0. The Morgan fingerprint density at radius 1 is 0.912 bits per heavy atom. The van der Waals surface area contributed by atoms with Crippen molar-refractivity contribution in [1.82, 2.24) is 25.0 Å². The van der Waals surface area contributed by atoms with Gasteiger partial charge >= 0.3 is 6.18 Å². The van der Waals surface area contributed by atoms with E-state index in [9.17, 15) is 22.8 Å². The molecule has 11 heteroatoms. The van der Waals surface area contributed by atoms with E-state index < -0.39 is 11.7 Å². The Bertz CT molecular complexity index is 833. The van der Waals surface area contributed by atoms with Gasteiger partial charge in [-0.05, 0) is 39.3 Å². The monoisotopic (exact) mass is 484 g/mol. The van der Waals surface area contributed by atoms with Crippen LogP contribution in [0.5, 0.6) is 0 Å². The number of pyridine rings is 1. The molecule has 1 aromatic rings. The summed E-state index contributed by atoms with van der Waals surface area (Å²) in [5.74, 6) is 0.580. The molecule has 0 bridgehead atoms. The largest absolute Gasteiger partial charge is 0.417 e. The molecule has 3 heterocycles. The molecule has 0 aliphatic carbocycles. The zero-order chi connectivity index (χ0) is 24.9. The van der Waals surface area contributed by atoms with Gasteiger partial charge in [0.2, 0.25) is 11.8 Å². The Kier molecular flexibility index (Phi) is 8.40. The Hall–Kier alpha value is -2.40. The van der Waals surface area contributed by atoms with Crippen molar-refractivity contribution in [1.29, 1.82) is 0 Å². The molecule has 0 radical (unpaired) electrons. The topological polar surface area (TPSA) is 72.0 Å². The summed E-state index contributed by atoms with van der Waals surface area (Å²) < 4.78 is 38.3. The van der Waals surface area contributed by atoms with E-state index in [0.29, 0.717) is 64.7 Å². The van der Waals surface area contributed by atoms with Crippen LogP contribution in [0, 0.1) is 0 Å². The second kappa shape index (κ2) is 10.9. The smallest absolute Gasteiger partial charge is 0.355 e. The number of nitrogens with one attached hydrogen (secondary N) is 1. The molecule has 1 aromatic heterocycles. The minimum absolute atomic E-state index is 0.0102. The molecule has 2 aliphatic rings. The highest BCUT2D eigenvalue weighted by molar-refractivity contribution is 5.79. The number of amides is 2. The van der Waals surface area contributed by atoms with Crippen molar-refractivity contribution in [2.75, 3.05) is 70.3 Å². The van der Waals surface area contributed by atoms with E-state index in [1.54, 1.807) is 0 Å². The van der Waals surface area contributed by atoms with Crippen molar-refractivity contribution in [2.24, 2.45) is 0 Å². The third-order valence-corrected chi connectivity index (χ3v) is 5.95. The predicted molar refractivity (Wildman–Crippen MR) is 123 cm³/mol. The number of hydrogen-bond acceptors (Lipinski definition) is 6. The summed E-state index contributed by atoms with van der Waals surface area (Å²) in [6, 6.07) is 2.46. The van der Waals surface area contributed by atoms with Gasteiger partial charge < -0.3 is 15.1 Å². The molecule has 1 N–H and O–H groups in total. The summed E-state index contributed by atoms with van der Waals surface area (Å²) in [5, 5.41) is 2.96. The first-order valence-electron chi connectivity index (χ1n) is 11.7. The first kappa shape index (κ1) is 26.2. The lowest BCUT2D eigenvalue weighted by Crippen LogP contribution is -2.54. The third kappa shape index (κ3) is 7.83. The maximum absolute atomic E-state index is 12.8. The van der Waals surface area contributed by atoms with Gasteiger partial charge in [0.1, 0.15) is 5.82 Å². The molecule has 2 amide bonds. The second-order valence-corrected chi connectivity index (χ2v) is 9.97. The van der Waals surface area contributed by atoms with Crippen LogP contribution in [0.25, 0.3) is 0 Å². The van der Waals surface area contributed by atoms with Gasteiger partial charge in [-0.15, -0.1) is 0 Å². The fourth-order valence-electron chi connectivity index (χ4n) is 4.21. The lowest BCUT2D eigenvalue weighted by molar-refractivity contribution is -0.138. The third-order valence-electron chi connectivity index (χ3n) is 5.95. The van der Waals surface area contributed by atoms with Gasteiger partial charge in [-0.25, -0.2) is 4.98 Å². The minimum Gasteiger partial charge on any atom is -0.355 e. The first-order chi connectivity index (χ1) is 15.9. The van der Waals surface area contributed by atoms with Crippen molar-refractivity contribution in [3.63, 3.8) is 0 Å². The maximum atomic E-state index is 12.8. The van der Waals surface area contributed by atoms with Gasteiger partial charge in [-0.2, -0.15) is 13.2 Å². The minimum atomic E-state index is -4.40. The number of piperazine rings is 1. The number of hydrogen-bond donors (Lipinski definition) is 1. The van der Waals surface area contributed by atoms with E-state index in [1.165, 1.54) is 6.07 Å². The highest BCUT2D eigenvalue weighted by Crippen LogP contribution is 2.29. The zero-order valence-electron chi connectivity index (χ0n) is 20.2. The van der Waals surface area contributed by atoms with Crippen LogP contribution >= 0.6 is 0 Å². The Labute approximate surface area is 199 Å². The Balaban J connectivity index is 1.43. The molecular weight excluding hydrogens is 449 g/mol. The van der Waals surface area contributed by atoms with Gasteiger partial charge in [-0.1, -0.05) is 0 Å². The Morgan fingerprint density at radius 3 is 2.15 bits per heavy atom. The maximum Gasteiger partial charge on any atom is 0.417 e. The number of rotatable bonds is 5. The lowest BCUT2D eigenvalue weighted by Gasteiger charge is -2.35. The number of nitrogens with zero attached hydrogens (tertiary/aromatic N) is 5. The lowest BCUT2D eigenvalue weighted by atomic mass is 10.1. The molecule has 0 saturated carbocycles. The van der Waals surface area contributed by atoms with Crippen LogP contribution in [-0.2, 0) is 15.8 Å². The highest BCUT2D eigenvalue weighted by atomic mass is 19.4. The van der Waals surface area contributed by atoms with E-state index in [0.717, 1.165) is 25.2 Å². The molecule has 34 heavy (non-hydrogen) atoms. The summed E-state index contributed by atoms with van der Waals surface area (Å²) in [7, 11) is 0. The van der Waals surface area contributed by atoms with Crippen LogP contribution in [0.1, 0.15) is 32.8 Å². The number of aromatic nitrogens is 1. The number of alkyl halides is 3. The van der Waals surface area contributed by atoms with E-state index in [2.05, 4.69) is 20.1 Å². The first-order valence-corrected chi connectivity index (χ1v) is 11.7. The SMILES string of the molecule is CC(C)(C)NC(=O)CN1CCN(C(=O)CN2CCCN(c3ccc(C(F)(F)F)cn3)CC2)CC1. The molecule has 0 unspecified atom stereocenters. The second-order valence-electron chi connectivity index (χ2n) is 9.97. The van der Waals surface area contributed by atoms with Crippen molar-refractivity contribution in [3.05, 3.63) is 23.9 Å². The summed E-state index contributed by atoms with van der Waals surface area (Å²) in [4.78, 5) is 36.9. The Morgan fingerprint density at radius 2 is 1.56 bits per heavy atom. The standard InChI is InChI=1S/C23H35F3N6O2/c1-22(2,3)28-20(33)16-30-10-13-32(14-11-30)21(34)17-29-7-4-8-31(12-9-29)19-6-5-18(15-27-19)23(24,25)26/h5-6,15H,4,7-14,16-17H2,1-3H3,(H,28,33). The molecule has 2 fully saturated rings. The van der Waals surface area contributed by atoms with E-state index in [-0.39, 0.29) is 17.4 Å². The summed E-state index contributed by atoms with van der Waals surface area (Å²) in [6.07, 6.45) is -2.73. The molecule has 0 atom stereocenters. The van der Waals surface area contributed by atoms with E-state index in [1.807, 2.05) is 30.6 Å². The van der Waals surface area contributed by atoms with Gasteiger partial charge in [-0.3, -0.25) is 19.4 Å². The van der Waals surface area contributed by atoms with Crippen LogP contribution in [0.2, 0.25) is 0 Å². The van der Waals surface area contributed by atoms with Crippen molar-refractivity contribution >= 4 is 17.6 Å². The molecule has 190 valence electrons. The van der Waals surface area contributed by atoms with Crippen LogP contribution in [0.15, 0.2) is 18.3 Å². The van der Waals surface area contributed by atoms with Crippen LogP contribution in [-0.4, -0.2) is 102 Å². The molecule has 0 aromatic carbocycles. The number of carbonyl (C=O) groups is 2. The van der Waals surface area contributed by atoms with E-state index >= 15 is 0 Å². The predicted octanol–water partition coefficient (Wildman–Crippen LogP) is 1.67. The van der Waals surface area contributed by atoms with E-state index in [4.69, 9.17) is 0 Å². The van der Waals surface area contributed by atoms with Gasteiger partial charge in [0.15, 0.2) is 0 Å². The van der Waals surface area contributed by atoms with Crippen LogP contribution in [0.4, 0.5) is 19.0 Å². The number of carbonyl (C=O) groups excluding carboxylic acids is 2. The van der Waals surface area contributed by atoms with Crippen molar-refractivity contribution < 1.29 is 22.8 Å². The van der Waals surface area contributed by atoms with Crippen LogP contribution in [0.3, 0.4) is 0 Å². The number of anilines is 1. The average molecular weight is 485 g/mol. The summed E-state index contributed by atoms with van der Waals surface area (Å²) in [5.41, 5.74) is -1.02. The normalized spacial score (nSPS) is 19.1. The summed E-state index contributed by atoms with van der Waals surface area (Å²) in [6.45, 7) is 11.7. The fourth-order valence-corrected chi connectivity index (χ4v) is 4.21. The van der Waals surface area contributed by atoms with Crippen LogP contribution < -0.4 is 10.2 Å². The molecule has 0 spiro atoms.